The van der Waals surface area contributed by atoms with Crippen molar-refractivity contribution in [2.45, 2.75) is 6.54 Å². The molecular weight excluding hydrogens is 270 g/mol. The van der Waals surface area contributed by atoms with Gasteiger partial charge in [-0.05, 0) is 29.8 Å². The number of hydrogen-bond donors (Lipinski definition) is 1. The predicted octanol–water partition coefficient (Wildman–Crippen LogP) is 1.54. The lowest BCUT2D eigenvalue weighted by molar-refractivity contribution is 0.0687. The zero-order chi connectivity index (χ0) is 14.8. The van der Waals surface area contributed by atoms with Gasteiger partial charge in [-0.3, -0.25) is 9.78 Å². The first-order valence-corrected chi connectivity index (χ1v) is 6.28. The van der Waals surface area contributed by atoms with Gasteiger partial charge in [0, 0.05) is 17.6 Å². The Kier molecular flexibility index (Phi) is 3.19. The molecule has 0 fully saturated rings. The van der Waals surface area contributed by atoms with Gasteiger partial charge in [0.2, 0.25) is 0 Å². The maximum Gasteiger partial charge on any atom is 0.356 e. The number of aromatic nitrogens is 3. The standard InChI is InChI=1S/C15H11N3O3/c19-14-6-5-13(15(20)21)17-18(14)9-10-3-4-12-11(8-10)2-1-7-16-12/h1-8H,9H2,(H,20,21). The highest BCUT2D eigenvalue weighted by atomic mass is 16.4. The molecule has 0 saturated carbocycles. The van der Waals surface area contributed by atoms with Crippen LogP contribution in [0.25, 0.3) is 10.9 Å². The van der Waals surface area contributed by atoms with E-state index >= 15 is 0 Å². The van der Waals surface area contributed by atoms with E-state index in [1.807, 2.05) is 30.3 Å². The summed E-state index contributed by atoms with van der Waals surface area (Å²) in [5.74, 6) is -1.16. The van der Waals surface area contributed by atoms with Crippen molar-refractivity contribution >= 4 is 16.9 Å². The van der Waals surface area contributed by atoms with Gasteiger partial charge in [0.05, 0.1) is 12.1 Å². The summed E-state index contributed by atoms with van der Waals surface area (Å²) < 4.78 is 1.14. The monoisotopic (exact) mass is 281 g/mol. The summed E-state index contributed by atoms with van der Waals surface area (Å²) in [6, 6.07) is 11.8. The van der Waals surface area contributed by atoms with Crippen molar-refractivity contribution in [3.63, 3.8) is 0 Å². The van der Waals surface area contributed by atoms with Gasteiger partial charge in [-0.15, -0.1) is 0 Å². The molecule has 0 spiro atoms. The quantitative estimate of drug-likeness (QED) is 0.787. The first kappa shape index (κ1) is 13.0. The molecule has 104 valence electrons. The summed E-state index contributed by atoms with van der Waals surface area (Å²) in [4.78, 5) is 26.9. The van der Waals surface area contributed by atoms with Crippen LogP contribution in [0, 0.1) is 0 Å². The second-order valence-electron chi connectivity index (χ2n) is 4.55. The topological polar surface area (TPSA) is 85.1 Å². The van der Waals surface area contributed by atoms with Gasteiger partial charge >= 0.3 is 5.97 Å². The first-order chi connectivity index (χ1) is 10.1. The molecular formula is C15H11N3O3. The Balaban J connectivity index is 2.00. The number of carbonyl (C=O) groups is 1. The molecule has 0 aliphatic carbocycles. The van der Waals surface area contributed by atoms with Crippen LogP contribution in [0.3, 0.4) is 0 Å². The number of carboxylic acids is 1. The van der Waals surface area contributed by atoms with Crippen LogP contribution in [-0.4, -0.2) is 25.8 Å². The highest BCUT2D eigenvalue weighted by Gasteiger charge is 2.08. The van der Waals surface area contributed by atoms with Crippen molar-refractivity contribution in [2.24, 2.45) is 0 Å². The number of carboxylic acid groups (broad SMARTS) is 1. The molecule has 6 nitrogen and oxygen atoms in total. The summed E-state index contributed by atoms with van der Waals surface area (Å²) in [6.07, 6.45) is 1.71. The van der Waals surface area contributed by atoms with E-state index in [0.717, 1.165) is 21.1 Å². The molecule has 0 aliphatic rings. The minimum atomic E-state index is -1.16. The summed E-state index contributed by atoms with van der Waals surface area (Å²) in [6.45, 7) is 0.213. The van der Waals surface area contributed by atoms with Crippen LogP contribution in [-0.2, 0) is 6.54 Å². The molecule has 3 rings (SSSR count). The molecule has 0 aliphatic heterocycles. The number of pyridine rings is 1. The minimum absolute atomic E-state index is 0.156. The molecule has 0 radical (unpaired) electrons. The smallest absolute Gasteiger partial charge is 0.356 e. The summed E-state index contributed by atoms with van der Waals surface area (Å²) >= 11 is 0. The van der Waals surface area contributed by atoms with Gasteiger partial charge in [0.1, 0.15) is 0 Å². The SMILES string of the molecule is O=C(O)c1ccc(=O)n(Cc2ccc3ncccc3c2)n1. The molecule has 1 aromatic carbocycles. The predicted molar refractivity (Wildman–Crippen MR) is 76.3 cm³/mol. The number of aromatic carboxylic acids is 1. The largest absolute Gasteiger partial charge is 0.476 e. The Hall–Kier alpha value is -3.02. The van der Waals surface area contributed by atoms with Gasteiger partial charge in [-0.1, -0.05) is 12.1 Å². The lowest BCUT2D eigenvalue weighted by atomic mass is 10.1. The van der Waals surface area contributed by atoms with Crippen LogP contribution in [0.1, 0.15) is 16.1 Å². The fourth-order valence-electron chi connectivity index (χ4n) is 2.07. The van der Waals surface area contributed by atoms with Crippen LogP contribution in [0.4, 0.5) is 0 Å². The van der Waals surface area contributed by atoms with Gasteiger partial charge in [-0.2, -0.15) is 5.10 Å². The molecule has 2 aromatic heterocycles. The summed E-state index contributed by atoms with van der Waals surface area (Å²) in [5.41, 5.74) is 1.22. The number of nitrogens with zero attached hydrogens (tertiary/aromatic N) is 3. The molecule has 0 unspecified atom stereocenters. The number of fused-ring (bicyclic) bond motifs is 1. The fourth-order valence-corrected chi connectivity index (χ4v) is 2.07. The Bertz CT molecular complexity index is 886. The highest BCUT2D eigenvalue weighted by Crippen LogP contribution is 2.13. The van der Waals surface area contributed by atoms with Gasteiger partial charge in [0.25, 0.3) is 5.56 Å². The average molecular weight is 281 g/mol. The van der Waals surface area contributed by atoms with E-state index in [4.69, 9.17) is 5.11 Å². The molecule has 21 heavy (non-hydrogen) atoms. The molecule has 2 heterocycles. The van der Waals surface area contributed by atoms with Crippen molar-refractivity contribution in [2.75, 3.05) is 0 Å². The van der Waals surface area contributed by atoms with Gasteiger partial charge < -0.3 is 5.11 Å². The molecule has 0 saturated heterocycles. The maximum absolute atomic E-state index is 11.8. The van der Waals surface area contributed by atoms with E-state index in [9.17, 15) is 9.59 Å². The van der Waals surface area contributed by atoms with Gasteiger partial charge in [0.15, 0.2) is 5.69 Å². The zero-order valence-corrected chi connectivity index (χ0v) is 10.9. The minimum Gasteiger partial charge on any atom is -0.476 e. The van der Waals surface area contributed by atoms with E-state index in [0.29, 0.717) is 0 Å². The van der Waals surface area contributed by atoms with Crippen LogP contribution < -0.4 is 5.56 Å². The van der Waals surface area contributed by atoms with Gasteiger partial charge in [-0.25, -0.2) is 9.48 Å². The third kappa shape index (κ3) is 2.64. The van der Waals surface area contributed by atoms with E-state index in [-0.39, 0.29) is 17.8 Å². The fraction of sp³-hybridized carbons (Fsp3) is 0.0667. The van der Waals surface area contributed by atoms with E-state index in [1.54, 1.807) is 6.20 Å². The van der Waals surface area contributed by atoms with Crippen molar-refractivity contribution < 1.29 is 9.90 Å². The molecule has 0 bridgehead atoms. The average Bonchev–Trinajstić information content (AvgIpc) is 2.49. The number of rotatable bonds is 3. The van der Waals surface area contributed by atoms with Crippen LogP contribution in [0.2, 0.25) is 0 Å². The Morgan fingerprint density at radius 3 is 2.86 bits per heavy atom. The van der Waals surface area contributed by atoms with Crippen LogP contribution >= 0.6 is 0 Å². The number of benzene rings is 1. The second-order valence-corrected chi connectivity index (χ2v) is 4.55. The number of hydrogen-bond acceptors (Lipinski definition) is 4. The molecule has 1 N–H and O–H groups in total. The van der Waals surface area contributed by atoms with E-state index in [1.165, 1.54) is 12.1 Å². The highest BCUT2D eigenvalue weighted by molar-refractivity contribution is 5.84. The summed E-state index contributed by atoms with van der Waals surface area (Å²) in [5, 5.41) is 13.7. The van der Waals surface area contributed by atoms with Crippen LogP contribution in [0.15, 0.2) is 53.5 Å². The lowest BCUT2D eigenvalue weighted by Gasteiger charge is -2.06. The molecule has 3 aromatic rings. The molecule has 0 atom stereocenters. The molecule has 0 amide bonds. The van der Waals surface area contributed by atoms with Crippen LogP contribution in [0.5, 0.6) is 0 Å². The van der Waals surface area contributed by atoms with Crippen molar-refractivity contribution in [1.82, 2.24) is 14.8 Å². The third-order valence-electron chi connectivity index (χ3n) is 3.09. The zero-order valence-electron chi connectivity index (χ0n) is 10.9. The second kappa shape index (κ2) is 5.16. The first-order valence-electron chi connectivity index (χ1n) is 6.28. The Morgan fingerprint density at radius 2 is 2.05 bits per heavy atom. The Labute approximate surface area is 119 Å². The lowest BCUT2D eigenvalue weighted by Crippen LogP contribution is -2.24. The van der Waals surface area contributed by atoms with Crippen molar-refractivity contribution in [3.8, 4) is 0 Å². The maximum atomic E-state index is 11.8. The van der Waals surface area contributed by atoms with Crippen molar-refractivity contribution in [3.05, 3.63) is 70.3 Å². The molecule has 6 heteroatoms. The van der Waals surface area contributed by atoms with Crippen molar-refractivity contribution in [1.29, 1.82) is 0 Å². The van der Waals surface area contributed by atoms with E-state index < -0.39 is 5.97 Å². The normalized spacial score (nSPS) is 10.7. The van der Waals surface area contributed by atoms with E-state index in [2.05, 4.69) is 10.1 Å². The Morgan fingerprint density at radius 1 is 1.19 bits per heavy atom. The summed E-state index contributed by atoms with van der Waals surface area (Å²) in [7, 11) is 0. The third-order valence-corrected chi connectivity index (χ3v) is 3.09.